The van der Waals surface area contributed by atoms with Crippen LogP contribution in [-0.2, 0) is 16.4 Å². The van der Waals surface area contributed by atoms with Crippen LogP contribution in [0.4, 0.5) is 9.52 Å². The number of hydrogen-bond acceptors (Lipinski definition) is 6. The van der Waals surface area contributed by atoms with E-state index in [1.807, 2.05) is 5.38 Å². The number of halogens is 1. The molecule has 0 spiro atoms. The minimum Gasteiger partial charge on any atom is -0.494 e. The maximum atomic E-state index is 13.6. The second-order valence-electron chi connectivity index (χ2n) is 4.47. The average molecular weight is 345 g/mol. The first-order valence-corrected chi connectivity index (χ1v) is 8.82. The predicted octanol–water partition coefficient (Wildman–Crippen LogP) is 1.78. The Bertz CT molecular complexity index is 747. The van der Waals surface area contributed by atoms with Crippen LogP contribution in [0.3, 0.4) is 0 Å². The van der Waals surface area contributed by atoms with Gasteiger partial charge in [-0.1, -0.05) is 0 Å². The standard InChI is InChI=1S/C13H16FN3O3S2/c1-20-12-5-4-10(7-11(12)14)22(18,19)16-6-2-3-9-8-21-13(15)17-9/h4-5,7-8,16H,2-3,6H2,1H3,(H2,15,17). The van der Waals surface area contributed by atoms with E-state index >= 15 is 0 Å². The van der Waals surface area contributed by atoms with Crippen molar-refractivity contribution in [3.8, 4) is 5.75 Å². The predicted molar refractivity (Wildman–Crippen MR) is 83.0 cm³/mol. The van der Waals surface area contributed by atoms with Gasteiger partial charge in [-0.3, -0.25) is 0 Å². The van der Waals surface area contributed by atoms with E-state index in [4.69, 9.17) is 10.5 Å². The van der Waals surface area contributed by atoms with Gasteiger partial charge in [-0.15, -0.1) is 11.3 Å². The maximum absolute atomic E-state index is 13.6. The lowest BCUT2D eigenvalue weighted by Crippen LogP contribution is -2.25. The molecule has 1 heterocycles. The highest BCUT2D eigenvalue weighted by atomic mass is 32.2. The van der Waals surface area contributed by atoms with E-state index < -0.39 is 15.8 Å². The summed E-state index contributed by atoms with van der Waals surface area (Å²) >= 11 is 1.34. The van der Waals surface area contributed by atoms with Crippen LogP contribution < -0.4 is 15.2 Å². The zero-order valence-electron chi connectivity index (χ0n) is 11.9. The van der Waals surface area contributed by atoms with Gasteiger partial charge in [0.15, 0.2) is 16.7 Å². The Balaban J connectivity index is 1.92. The lowest BCUT2D eigenvalue weighted by Gasteiger charge is -2.08. The first kappa shape index (κ1) is 16.7. The summed E-state index contributed by atoms with van der Waals surface area (Å²) in [6.07, 6.45) is 1.19. The number of aromatic nitrogens is 1. The number of nitrogens with two attached hydrogens (primary N) is 1. The van der Waals surface area contributed by atoms with Crippen molar-refractivity contribution in [2.24, 2.45) is 0 Å². The van der Waals surface area contributed by atoms with Gasteiger partial charge in [-0.25, -0.2) is 22.5 Å². The van der Waals surface area contributed by atoms with E-state index in [1.54, 1.807) is 0 Å². The number of anilines is 1. The van der Waals surface area contributed by atoms with Crippen molar-refractivity contribution in [1.29, 1.82) is 0 Å². The van der Waals surface area contributed by atoms with Gasteiger partial charge in [0.05, 0.1) is 17.7 Å². The number of rotatable bonds is 7. The fraction of sp³-hybridized carbons (Fsp3) is 0.308. The highest BCUT2D eigenvalue weighted by Crippen LogP contribution is 2.20. The van der Waals surface area contributed by atoms with E-state index in [0.29, 0.717) is 18.0 Å². The molecule has 0 saturated carbocycles. The first-order chi connectivity index (χ1) is 10.4. The topological polar surface area (TPSA) is 94.3 Å². The molecule has 1 aromatic heterocycles. The van der Waals surface area contributed by atoms with E-state index in [2.05, 4.69) is 9.71 Å². The van der Waals surface area contributed by atoms with Crippen molar-refractivity contribution in [3.05, 3.63) is 35.1 Å². The van der Waals surface area contributed by atoms with Gasteiger partial charge in [-0.05, 0) is 31.0 Å². The highest BCUT2D eigenvalue weighted by molar-refractivity contribution is 7.89. The number of aryl methyl sites for hydroxylation is 1. The normalized spacial score (nSPS) is 11.5. The van der Waals surface area contributed by atoms with Gasteiger partial charge in [0, 0.05) is 11.9 Å². The third-order valence-electron chi connectivity index (χ3n) is 2.90. The average Bonchev–Trinajstić information content (AvgIpc) is 2.89. The van der Waals surface area contributed by atoms with E-state index in [1.165, 1.54) is 30.6 Å². The molecule has 2 rings (SSSR count). The number of nitrogens with zero attached hydrogens (tertiary/aromatic N) is 1. The summed E-state index contributed by atoms with van der Waals surface area (Å²) in [5.74, 6) is -0.719. The number of benzene rings is 1. The lowest BCUT2D eigenvalue weighted by molar-refractivity contribution is 0.385. The van der Waals surface area contributed by atoms with Crippen molar-refractivity contribution in [3.63, 3.8) is 0 Å². The summed E-state index contributed by atoms with van der Waals surface area (Å²) in [7, 11) is -2.43. The Morgan fingerprint density at radius 1 is 1.45 bits per heavy atom. The number of sulfonamides is 1. The second-order valence-corrected chi connectivity index (χ2v) is 7.13. The molecule has 0 fully saturated rings. The van der Waals surface area contributed by atoms with Crippen LogP contribution in [-0.4, -0.2) is 27.1 Å². The molecule has 0 aliphatic heterocycles. The van der Waals surface area contributed by atoms with Crippen molar-refractivity contribution >= 4 is 26.5 Å². The fourth-order valence-electron chi connectivity index (χ4n) is 1.81. The molecule has 1 aromatic carbocycles. The van der Waals surface area contributed by atoms with E-state index in [-0.39, 0.29) is 17.2 Å². The molecule has 6 nitrogen and oxygen atoms in total. The Hall–Kier alpha value is -1.71. The first-order valence-electron chi connectivity index (χ1n) is 6.45. The van der Waals surface area contributed by atoms with Crippen molar-refractivity contribution < 1.29 is 17.5 Å². The Morgan fingerprint density at radius 2 is 2.23 bits per heavy atom. The molecular formula is C13H16FN3O3S2. The third-order valence-corrected chi connectivity index (χ3v) is 5.09. The maximum Gasteiger partial charge on any atom is 0.240 e. The Morgan fingerprint density at radius 3 is 2.82 bits per heavy atom. The summed E-state index contributed by atoms with van der Waals surface area (Å²) < 4.78 is 44.8. The molecule has 0 atom stereocenters. The SMILES string of the molecule is COc1ccc(S(=O)(=O)NCCCc2csc(N)n2)cc1F. The van der Waals surface area contributed by atoms with Crippen molar-refractivity contribution in [2.45, 2.75) is 17.7 Å². The summed E-state index contributed by atoms with van der Waals surface area (Å²) in [6.45, 7) is 0.230. The lowest BCUT2D eigenvalue weighted by atomic mass is 10.2. The van der Waals surface area contributed by atoms with Gasteiger partial charge in [0.2, 0.25) is 10.0 Å². The largest absolute Gasteiger partial charge is 0.494 e. The smallest absolute Gasteiger partial charge is 0.240 e. The van der Waals surface area contributed by atoms with Gasteiger partial charge in [0.1, 0.15) is 0 Å². The number of thiazole rings is 1. The Kier molecular flexibility index (Phi) is 5.33. The van der Waals surface area contributed by atoms with Gasteiger partial charge in [0.25, 0.3) is 0 Å². The number of nitrogens with one attached hydrogen (secondary N) is 1. The quantitative estimate of drug-likeness (QED) is 0.746. The summed E-state index contributed by atoms with van der Waals surface area (Å²) in [5.41, 5.74) is 6.35. The minimum absolute atomic E-state index is 0.0000657. The van der Waals surface area contributed by atoms with Crippen LogP contribution in [0.25, 0.3) is 0 Å². The van der Waals surface area contributed by atoms with Crippen LogP contribution in [0.5, 0.6) is 5.75 Å². The van der Waals surface area contributed by atoms with Crippen LogP contribution in [0, 0.1) is 5.82 Å². The van der Waals surface area contributed by atoms with Crippen LogP contribution in [0.1, 0.15) is 12.1 Å². The van der Waals surface area contributed by atoms with E-state index in [9.17, 15) is 12.8 Å². The number of methoxy groups -OCH3 is 1. The fourth-order valence-corrected chi connectivity index (χ4v) is 3.49. The number of hydrogen-bond donors (Lipinski definition) is 2. The molecule has 0 saturated heterocycles. The number of nitrogen functional groups attached to an aromatic ring is 1. The van der Waals surface area contributed by atoms with E-state index in [0.717, 1.165) is 11.8 Å². The third kappa shape index (κ3) is 4.15. The molecule has 3 N–H and O–H groups in total. The highest BCUT2D eigenvalue weighted by Gasteiger charge is 2.16. The van der Waals surface area contributed by atoms with Gasteiger partial charge < -0.3 is 10.5 Å². The summed E-state index contributed by atoms with van der Waals surface area (Å²) in [4.78, 5) is 3.95. The summed E-state index contributed by atoms with van der Waals surface area (Å²) in [6, 6.07) is 3.51. The molecule has 0 radical (unpaired) electrons. The second kappa shape index (κ2) is 7.03. The van der Waals surface area contributed by atoms with Crippen LogP contribution >= 0.6 is 11.3 Å². The molecule has 0 aliphatic rings. The molecular weight excluding hydrogens is 329 g/mol. The molecule has 0 unspecified atom stereocenters. The molecule has 0 aliphatic carbocycles. The number of ether oxygens (including phenoxy) is 1. The van der Waals surface area contributed by atoms with Gasteiger partial charge >= 0.3 is 0 Å². The van der Waals surface area contributed by atoms with Crippen LogP contribution in [0.2, 0.25) is 0 Å². The molecule has 2 aromatic rings. The molecule has 120 valence electrons. The van der Waals surface area contributed by atoms with Crippen molar-refractivity contribution in [1.82, 2.24) is 9.71 Å². The minimum atomic E-state index is -3.75. The van der Waals surface area contributed by atoms with Crippen molar-refractivity contribution in [2.75, 3.05) is 19.4 Å². The zero-order chi connectivity index (χ0) is 16.2. The Labute approximate surface area is 132 Å². The molecule has 9 heteroatoms. The summed E-state index contributed by atoms with van der Waals surface area (Å²) in [5, 5.41) is 2.33. The molecule has 0 amide bonds. The zero-order valence-corrected chi connectivity index (χ0v) is 13.5. The molecule has 22 heavy (non-hydrogen) atoms. The van der Waals surface area contributed by atoms with Crippen LogP contribution in [0.15, 0.2) is 28.5 Å². The van der Waals surface area contributed by atoms with Gasteiger partial charge in [-0.2, -0.15) is 0 Å². The molecule has 0 bridgehead atoms. The monoisotopic (exact) mass is 345 g/mol.